The highest BCUT2D eigenvalue weighted by atomic mass is 16.5. The second-order valence-corrected chi connectivity index (χ2v) is 9.62. The van der Waals surface area contributed by atoms with E-state index in [1.165, 1.54) is 13.2 Å². The van der Waals surface area contributed by atoms with Gasteiger partial charge in [-0.25, -0.2) is 0 Å². The van der Waals surface area contributed by atoms with Crippen molar-refractivity contribution in [3.8, 4) is 17.2 Å². The number of rotatable bonds is 6. The van der Waals surface area contributed by atoms with Gasteiger partial charge >= 0.3 is 0 Å². The molecule has 0 radical (unpaired) electrons. The number of benzene rings is 2. The molecule has 36 heavy (non-hydrogen) atoms. The number of aromatic hydroxyl groups is 2. The second-order valence-electron chi connectivity index (χ2n) is 9.62. The first-order valence-electron chi connectivity index (χ1n) is 12.5. The van der Waals surface area contributed by atoms with Crippen LogP contribution in [0.5, 0.6) is 17.2 Å². The summed E-state index contributed by atoms with van der Waals surface area (Å²) in [5, 5.41) is 28.5. The zero-order chi connectivity index (χ0) is 25.4. The number of carbonyl (C=O) groups is 3. The molecular formula is C27H31N3O6. The van der Waals surface area contributed by atoms with Gasteiger partial charge in [0, 0.05) is 55.3 Å². The molecule has 1 saturated heterocycles. The summed E-state index contributed by atoms with van der Waals surface area (Å²) in [6.07, 6.45) is 1.84. The highest BCUT2D eigenvalue weighted by molar-refractivity contribution is 6.31. The maximum absolute atomic E-state index is 13.4. The summed E-state index contributed by atoms with van der Waals surface area (Å²) >= 11 is 0. The molecule has 2 aliphatic carbocycles. The van der Waals surface area contributed by atoms with Gasteiger partial charge in [0.25, 0.3) is 0 Å². The molecule has 1 amide bonds. The second kappa shape index (κ2) is 9.91. The molecule has 9 heteroatoms. The molecule has 0 saturated carbocycles. The van der Waals surface area contributed by atoms with Crippen molar-refractivity contribution in [3.63, 3.8) is 0 Å². The van der Waals surface area contributed by atoms with Crippen molar-refractivity contribution in [1.82, 2.24) is 15.5 Å². The van der Waals surface area contributed by atoms with Crippen LogP contribution in [0.4, 0.5) is 0 Å². The molecule has 1 unspecified atom stereocenters. The Hall–Kier alpha value is -3.43. The molecular weight excluding hydrogens is 462 g/mol. The number of piperazine rings is 1. The van der Waals surface area contributed by atoms with E-state index < -0.39 is 11.6 Å². The summed E-state index contributed by atoms with van der Waals surface area (Å²) in [7, 11) is 1.41. The fourth-order valence-corrected chi connectivity index (χ4v) is 5.62. The Morgan fingerprint density at radius 3 is 2.56 bits per heavy atom. The lowest BCUT2D eigenvalue weighted by molar-refractivity contribution is -0.125. The number of nitrogens with one attached hydrogen (secondary N) is 2. The molecule has 1 aliphatic heterocycles. The minimum absolute atomic E-state index is 0.0843. The van der Waals surface area contributed by atoms with Gasteiger partial charge in [-0.05, 0) is 38.3 Å². The predicted molar refractivity (Wildman–Crippen MR) is 132 cm³/mol. The SMILES string of the molecule is COc1cccc2c1C(=O)c1c(O)c3c(c(O)c1C2=O)CC(C(=O)NCCCN1CCNCC1)CC3. The quantitative estimate of drug-likeness (QED) is 0.300. The van der Waals surface area contributed by atoms with Crippen molar-refractivity contribution in [1.29, 1.82) is 0 Å². The Labute approximate surface area is 209 Å². The Morgan fingerprint density at radius 1 is 1.08 bits per heavy atom. The summed E-state index contributed by atoms with van der Waals surface area (Å²) in [4.78, 5) is 41.9. The third-order valence-corrected chi connectivity index (χ3v) is 7.56. The van der Waals surface area contributed by atoms with Gasteiger partial charge in [0.05, 0.1) is 23.8 Å². The summed E-state index contributed by atoms with van der Waals surface area (Å²) < 4.78 is 5.28. The number of hydrogen-bond donors (Lipinski definition) is 4. The minimum atomic E-state index is -0.558. The van der Waals surface area contributed by atoms with E-state index in [9.17, 15) is 24.6 Å². The molecule has 5 rings (SSSR count). The summed E-state index contributed by atoms with van der Waals surface area (Å²) in [5.41, 5.74) is 0.606. The van der Waals surface area contributed by atoms with E-state index in [4.69, 9.17) is 4.74 Å². The average molecular weight is 494 g/mol. The van der Waals surface area contributed by atoms with Crippen LogP contribution < -0.4 is 15.4 Å². The first-order valence-corrected chi connectivity index (χ1v) is 12.5. The van der Waals surface area contributed by atoms with Crippen molar-refractivity contribution in [2.24, 2.45) is 5.92 Å². The lowest BCUT2D eigenvalue weighted by atomic mass is 9.75. The average Bonchev–Trinajstić information content (AvgIpc) is 2.91. The van der Waals surface area contributed by atoms with Crippen LogP contribution in [0, 0.1) is 5.92 Å². The van der Waals surface area contributed by atoms with E-state index in [-0.39, 0.29) is 57.7 Å². The van der Waals surface area contributed by atoms with Gasteiger partial charge < -0.3 is 30.5 Å². The largest absolute Gasteiger partial charge is 0.507 e. The highest BCUT2D eigenvalue weighted by Gasteiger charge is 2.41. The Morgan fingerprint density at radius 2 is 1.81 bits per heavy atom. The van der Waals surface area contributed by atoms with Gasteiger partial charge in [-0.2, -0.15) is 0 Å². The van der Waals surface area contributed by atoms with Crippen molar-refractivity contribution >= 4 is 17.5 Å². The smallest absolute Gasteiger partial charge is 0.223 e. The van der Waals surface area contributed by atoms with Gasteiger partial charge in [0.2, 0.25) is 11.7 Å². The van der Waals surface area contributed by atoms with Crippen LogP contribution in [0.2, 0.25) is 0 Å². The molecule has 9 nitrogen and oxygen atoms in total. The molecule has 0 spiro atoms. The number of phenolic OH excluding ortho intramolecular Hbond substituents is 2. The third kappa shape index (κ3) is 4.12. The number of hydrogen-bond acceptors (Lipinski definition) is 8. The van der Waals surface area contributed by atoms with Crippen molar-refractivity contribution in [2.75, 3.05) is 46.4 Å². The normalized spacial score (nSPS) is 19.3. The molecule has 0 bridgehead atoms. The number of fused-ring (bicyclic) bond motifs is 3. The summed E-state index contributed by atoms with van der Waals surface area (Å²) in [6.45, 7) is 5.50. The van der Waals surface area contributed by atoms with Crippen molar-refractivity contribution in [2.45, 2.75) is 25.7 Å². The Kier molecular flexibility index (Phi) is 6.68. The molecule has 0 aromatic heterocycles. The number of amides is 1. The summed E-state index contributed by atoms with van der Waals surface area (Å²) in [5.74, 6) is -1.97. The topological polar surface area (TPSA) is 128 Å². The van der Waals surface area contributed by atoms with Crippen LogP contribution in [0.25, 0.3) is 0 Å². The molecule has 1 fully saturated rings. The first kappa shape index (κ1) is 24.3. The van der Waals surface area contributed by atoms with E-state index >= 15 is 0 Å². The number of nitrogens with zero attached hydrogens (tertiary/aromatic N) is 1. The van der Waals surface area contributed by atoms with Gasteiger partial charge in [-0.15, -0.1) is 0 Å². The lowest BCUT2D eigenvalue weighted by Crippen LogP contribution is -2.44. The summed E-state index contributed by atoms with van der Waals surface area (Å²) in [6, 6.07) is 4.69. The van der Waals surface area contributed by atoms with E-state index in [2.05, 4.69) is 15.5 Å². The molecule has 2 aromatic rings. The maximum atomic E-state index is 13.4. The Bertz CT molecular complexity index is 1230. The van der Waals surface area contributed by atoms with Crippen molar-refractivity contribution in [3.05, 3.63) is 51.6 Å². The molecule has 2 aromatic carbocycles. The van der Waals surface area contributed by atoms with Crippen LogP contribution in [0.1, 0.15) is 55.8 Å². The maximum Gasteiger partial charge on any atom is 0.223 e. The standard InChI is InChI=1S/C27H31N3O6/c1-36-19-5-2-4-17-20(19)26(34)22-21(24(17)32)25(33)18-14-15(6-7-16(18)23(22)31)27(35)29-8-3-11-30-12-9-28-10-13-30/h2,4-5,15,28,31,33H,3,6-14H2,1H3,(H,29,35). The lowest BCUT2D eigenvalue weighted by Gasteiger charge is -2.29. The van der Waals surface area contributed by atoms with Crippen LogP contribution >= 0.6 is 0 Å². The fraction of sp³-hybridized carbons (Fsp3) is 0.444. The number of ketones is 2. The molecule has 1 atom stereocenters. The van der Waals surface area contributed by atoms with Crippen LogP contribution in [0.3, 0.4) is 0 Å². The molecule has 1 heterocycles. The van der Waals surface area contributed by atoms with Crippen LogP contribution in [-0.4, -0.2) is 79.0 Å². The van der Waals surface area contributed by atoms with Crippen LogP contribution in [-0.2, 0) is 17.6 Å². The van der Waals surface area contributed by atoms with Gasteiger partial charge in [0.15, 0.2) is 5.78 Å². The number of phenols is 2. The zero-order valence-corrected chi connectivity index (χ0v) is 20.4. The fourth-order valence-electron chi connectivity index (χ4n) is 5.62. The predicted octanol–water partition coefficient (Wildman–Crippen LogP) is 1.40. The van der Waals surface area contributed by atoms with Gasteiger partial charge in [-0.1, -0.05) is 12.1 Å². The third-order valence-electron chi connectivity index (χ3n) is 7.56. The molecule has 4 N–H and O–H groups in total. The molecule has 190 valence electrons. The highest BCUT2D eigenvalue weighted by Crippen LogP contribution is 2.47. The molecule has 3 aliphatic rings. The van der Waals surface area contributed by atoms with Gasteiger partial charge in [0.1, 0.15) is 17.2 Å². The van der Waals surface area contributed by atoms with Crippen molar-refractivity contribution < 1.29 is 29.3 Å². The van der Waals surface area contributed by atoms with E-state index in [0.29, 0.717) is 30.5 Å². The number of ether oxygens (including phenoxy) is 1. The van der Waals surface area contributed by atoms with E-state index in [1.54, 1.807) is 12.1 Å². The first-order chi connectivity index (χ1) is 17.4. The number of methoxy groups -OCH3 is 1. The zero-order valence-electron chi connectivity index (χ0n) is 20.4. The number of carbonyl (C=O) groups excluding carboxylic acids is 3. The minimum Gasteiger partial charge on any atom is -0.507 e. The van der Waals surface area contributed by atoms with E-state index in [0.717, 1.165) is 39.1 Å². The Balaban J connectivity index is 1.35. The van der Waals surface area contributed by atoms with E-state index in [1.807, 2.05) is 0 Å². The monoisotopic (exact) mass is 493 g/mol. The van der Waals surface area contributed by atoms with Gasteiger partial charge in [-0.3, -0.25) is 14.4 Å². The van der Waals surface area contributed by atoms with Crippen LogP contribution in [0.15, 0.2) is 18.2 Å².